The molecule has 3 aromatic rings. The summed E-state index contributed by atoms with van der Waals surface area (Å²) in [4.78, 5) is 30.2. The Morgan fingerprint density at radius 2 is 1.80 bits per heavy atom. The van der Waals surface area contributed by atoms with Gasteiger partial charge in [0.1, 0.15) is 0 Å². The minimum atomic E-state index is -4.99. The van der Waals surface area contributed by atoms with Gasteiger partial charge < -0.3 is 14.2 Å². The first kappa shape index (κ1) is 30.1. The van der Waals surface area contributed by atoms with E-state index in [1.807, 2.05) is 13.8 Å². The summed E-state index contributed by atoms with van der Waals surface area (Å²) in [6.45, 7) is 5.78. The maximum Gasteiger partial charge on any atom is 0.434 e. The van der Waals surface area contributed by atoms with Crippen molar-refractivity contribution in [3.63, 3.8) is 0 Å². The fraction of sp³-hybridized carbons (Fsp3) is 0.296. The van der Waals surface area contributed by atoms with Crippen LogP contribution in [-0.2, 0) is 9.53 Å². The van der Waals surface area contributed by atoms with Crippen molar-refractivity contribution in [1.29, 1.82) is 0 Å². The van der Waals surface area contributed by atoms with Crippen molar-refractivity contribution >= 4 is 57.6 Å². The van der Waals surface area contributed by atoms with Gasteiger partial charge in [-0.1, -0.05) is 35.1 Å². The normalized spacial score (nSPS) is 15.5. The highest BCUT2D eigenvalue weighted by molar-refractivity contribution is 14.1. The van der Waals surface area contributed by atoms with Crippen LogP contribution in [0.1, 0.15) is 37.9 Å². The third kappa shape index (κ3) is 6.08. The zero-order valence-electron chi connectivity index (χ0n) is 21.5. The van der Waals surface area contributed by atoms with Gasteiger partial charge in [0.15, 0.2) is 22.0 Å². The van der Waals surface area contributed by atoms with Gasteiger partial charge in [0.2, 0.25) is 0 Å². The molecule has 1 aliphatic heterocycles. The van der Waals surface area contributed by atoms with Crippen LogP contribution in [0.3, 0.4) is 0 Å². The molecule has 0 fully saturated rings. The molecule has 1 aliphatic rings. The van der Waals surface area contributed by atoms with E-state index in [1.54, 1.807) is 18.2 Å². The molecule has 0 unspecified atom stereocenters. The lowest BCUT2D eigenvalue weighted by atomic mass is 9.95. The van der Waals surface area contributed by atoms with E-state index in [2.05, 4.69) is 27.6 Å². The standard InChI is InChI=1S/C27H23ClF3IN2O5S/c1-4-37-18-12-14(11-17(32)22(18)38-5-2)13-19-24(35)34-21(15-7-9-16(28)10-8-15)20(25(36)39-6-3)23(27(29,30)31)33-26(34)40-19/h7-13,21H,4-6H2,1-3H3/b19-13-/t21-/m1/s1. The number of thiazole rings is 1. The first-order chi connectivity index (χ1) is 19.0. The summed E-state index contributed by atoms with van der Waals surface area (Å²) in [6, 6.07) is 7.90. The second kappa shape index (κ2) is 12.4. The van der Waals surface area contributed by atoms with Gasteiger partial charge in [0.05, 0.1) is 39.5 Å². The van der Waals surface area contributed by atoms with E-state index in [9.17, 15) is 22.8 Å². The van der Waals surface area contributed by atoms with Gasteiger partial charge >= 0.3 is 12.1 Å². The fourth-order valence-electron chi connectivity index (χ4n) is 4.17. The van der Waals surface area contributed by atoms with Gasteiger partial charge in [-0.25, -0.2) is 9.79 Å². The number of halogens is 5. The number of carbonyl (C=O) groups excluding carboxylic acids is 1. The van der Waals surface area contributed by atoms with Crippen molar-refractivity contribution in [2.75, 3.05) is 19.8 Å². The topological polar surface area (TPSA) is 79.1 Å². The predicted octanol–water partition coefficient (Wildman–Crippen LogP) is 5.40. The Morgan fingerprint density at radius 1 is 1.12 bits per heavy atom. The molecule has 0 aliphatic carbocycles. The first-order valence-electron chi connectivity index (χ1n) is 12.1. The number of hydrogen-bond acceptors (Lipinski definition) is 7. The number of hydrogen-bond donors (Lipinski definition) is 0. The van der Waals surface area contributed by atoms with E-state index in [0.29, 0.717) is 35.3 Å². The number of carbonyl (C=O) groups is 1. The highest BCUT2D eigenvalue weighted by Crippen LogP contribution is 2.39. The maximum atomic E-state index is 14.3. The summed E-state index contributed by atoms with van der Waals surface area (Å²) in [5, 5.41) is 0.337. The monoisotopic (exact) mass is 706 g/mol. The van der Waals surface area contributed by atoms with Crippen molar-refractivity contribution in [3.8, 4) is 11.5 Å². The first-order valence-corrected chi connectivity index (χ1v) is 14.4. The number of fused-ring (bicyclic) bond motifs is 1. The zero-order valence-corrected chi connectivity index (χ0v) is 25.2. The number of aromatic nitrogens is 1. The average Bonchev–Trinajstić information content (AvgIpc) is 3.20. The van der Waals surface area contributed by atoms with Crippen LogP contribution < -0.4 is 24.4 Å². The highest BCUT2D eigenvalue weighted by Gasteiger charge is 2.45. The Hall–Kier alpha value is -2.84. The molecule has 212 valence electrons. The Kier molecular flexibility index (Phi) is 9.30. The average molecular weight is 707 g/mol. The van der Waals surface area contributed by atoms with Crippen LogP contribution in [0.15, 0.2) is 57.5 Å². The molecule has 2 aromatic carbocycles. The number of esters is 1. The molecule has 0 saturated carbocycles. The van der Waals surface area contributed by atoms with Gasteiger partial charge in [0, 0.05) is 5.02 Å². The molecule has 0 spiro atoms. The number of allylic oxidation sites excluding steroid dienone is 1. The number of nitrogens with zero attached hydrogens (tertiary/aromatic N) is 2. The van der Waals surface area contributed by atoms with Crippen LogP contribution in [0, 0.1) is 3.57 Å². The molecule has 1 aromatic heterocycles. The van der Waals surface area contributed by atoms with Gasteiger partial charge in [-0.15, -0.1) is 0 Å². The Bertz CT molecular complexity index is 1650. The van der Waals surface area contributed by atoms with Gasteiger partial charge in [0.25, 0.3) is 5.56 Å². The van der Waals surface area contributed by atoms with Crippen LogP contribution in [0.25, 0.3) is 6.08 Å². The lowest BCUT2D eigenvalue weighted by molar-refractivity contribution is -0.140. The molecule has 7 nitrogen and oxygen atoms in total. The van der Waals surface area contributed by atoms with E-state index >= 15 is 0 Å². The van der Waals surface area contributed by atoms with Gasteiger partial charge in [-0.2, -0.15) is 13.2 Å². The summed E-state index contributed by atoms with van der Waals surface area (Å²) in [5.74, 6) is -0.186. The van der Waals surface area contributed by atoms with Crippen molar-refractivity contribution in [2.45, 2.75) is 33.0 Å². The van der Waals surface area contributed by atoms with E-state index < -0.39 is 35.0 Å². The molecule has 0 N–H and O–H groups in total. The highest BCUT2D eigenvalue weighted by atomic mass is 127. The lowest BCUT2D eigenvalue weighted by Gasteiger charge is -2.26. The molecule has 2 heterocycles. The molecule has 4 rings (SSSR count). The largest absolute Gasteiger partial charge is 0.490 e. The number of alkyl halides is 3. The summed E-state index contributed by atoms with van der Waals surface area (Å²) >= 11 is 8.89. The van der Waals surface area contributed by atoms with Crippen LogP contribution in [-0.4, -0.2) is 36.5 Å². The summed E-state index contributed by atoms with van der Waals surface area (Å²) in [7, 11) is 0. The minimum absolute atomic E-state index is 0.117. The Balaban J connectivity index is 2.00. The van der Waals surface area contributed by atoms with Crippen LogP contribution in [0.2, 0.25) is 5.02 Å². The number of rotatable bonds is 8. The van der Waals surface area contributed by atoms with Crippen molar-refractivity contribution in [1.82, 2.24) is 4.57 Å². The molecule has 0 bridgehead atoms. The molecule has 0 saturated heterocycles. The minimum Gasteiger partial charge on any atom is -0.490 e. The third-order valence-electron chi connectivity index (χ3n) is 5.70. The summed E-state index contributed by atoms with van der Waals surface area (Å²) in [5.41, 5.74) is -1.98. The Morgan fingerprint density at radius 3 is 2.40 bits per heavy atom. The van der Waals surface area contributed by atoms with Gasteiger partial charge in [-0.3, -0.25) is 9.36 Å². The van der Waals surface area contributed by atoms with Crippen LogP contribution >= 0.6 is 45.5 Å². The van der Waals surface area contributed by atoms with E-state index in [-0.39, 0.29) is 21.5 Å². The van der Waals surface area contributed by atoms with Crippen LogP contribution in [0.5, 0.6) is 11.5 Å². The fourth-order valence-corrected chi connectivity index (χ4v) is 6.08. The van der Waals surface area contributed by atoms with E-state index in [0.717, 1.165) is 19.5 Å². The SMILES string of the molecule is CCOC(=O)C1=C(C(F)(F)F)N=c2s/c(=C\c3cc(I)c(OCC)c(OCC)c3)c(=O)n2[C@@H]1c1ccc(Cl)cc1. The molecule has 0 radical (unpaired) electrons. The predicted molar refractivity (Wildman–Crippen MR) is 154 cm³/mol. The third-order valence-corrected chi connectivity index (χ3v) is 7.74. The van der Waals surface area contributed by atoms with Crippen molar-refractivity contribution < 1.29 is 32.2 Å². The Labute approximate surface area is 249 Å². The lowest BCUT2D eigenvalue weighted by Crippen LogP contribution is -2.41. The zero-order chi connectivity index (χ0) is 29.2. The molecule has 0 amide bonds. The number of ether oxygens (including phenoxy) is 3. The van der Waals surface area contributed by atoms with Crippen LogP contribution in [0.4, 0.5) is 13.2 Å². The smallest absolute Gasteiger partial charge is 0.434 e. The number of benzene rings is 2. The molecular formula is C27H23ClF3IN2O5S. The quantitative estimate of drug-likeness (QED) is 0.232. The van der Waals surface area contributed by atoms with Crippen molar-refractivity contribution in [2.24, 2.45) is 4.99 Å². The second-order valence-corrected chi connectivity index (χ2v) is 10.9. The maximum absolute atomic E-state index is 14.3. The summed E-state index contributed by atoms with van der Waals surface area (Å²) < 4.78 is 61.1. The molecular weight excluding hydrogens is 684 g/mol. The molecule has 40 heavy (non-hydrogen) atoms. The van der Waals surface area contributed by atoms with E-state index in [4.69, 9.17) is 25.8 Å². The van der Waals surface area contributed by atoms with Gasteiger partial charge in [-0.05, 0) is 84.8 Å². The molecule has 13 heteroatoms. The van der Waals surface area contributed by atoms with E-state index in [1.165, 1.54) is 31.2 Å². The summed E-state index contributed by atoms with van der Waals surface area (Å²) in [6.07, 6.45) is -3.44. The second-order valence-electron chi connectivity index (χ2n) is 8.31. The van der Waals surface area contributed by atoms with Crippen molar-refractivity contribution in [3.05, 3.63) is 87.1 Å². The molecule has 1 atom stereocenters.